The van der Waals surface area contributed by atoms with Gasteiger partial charge < -0.3 is 10.4 Å². The Kier molecular flexibility index (Phi) is 5.00. The molecule has 1 atom stereocenters. The molecule has 19 heavy (non-hydrogen) atoms. The van der Waals surface area contributed by atoms with E-state index in [-0.39, 0.29) is 16.3 Å². The standard InChI is InChI=1S/C12H14BrClF2N2O/c13-7-1-2-8(14)9(11(7)19)10(12(15)16)18-5-3-17-4-6-18/h1-2,10,12,17,19H,3-6H2/t10-/m0/s1. The van der Waals surface area contributed by atoms with E-state index in [4.69, 9.17) is 11.6 Å². The van der Waals surface area contributed by atoms with Crippen LogP contribution in [0.15, 0.2) is 16.6 Å². The first-order valence-corrected chi connectivity index (χ1v) is 7.09. The minimum Gasteiger partial charge on any atom is -0.506 e. The molecule has 1 aromatic rings. The van der Waals surface area contributed by atoms with Gasteiger partial charge in [0, 0.05) is 36.8 Å². The molecule has 0 unspecified atom stereocenters. The van der Waals surface area contributed by atoms with Crippen molar-refractivity contribution in [2.24, 2.45) is 0 Å². The minimum absolute atomic E-state index is 0.0907. The highest BCUT2D eigenvalue weighted by molar-refractivity contribution is 9.10. The molecule has 1 aliphatic rings. The fourth-order valence-electron chi connectivity index (χ4n) is 2.27. The molecule has 0 spiro atoms. The predicted octanol–water partition coefficient (Wildman–Crippen LogP) is 3.02. The van der Waals surface area contributed by atoms with Crippen molar-refractivity contribution in [3.05, 3.63) is 27.2 Å². The number of phenols is 1. The molecule has 1 saturated heterocycles. The van der Waals surface area contributed by atoms with Crippen molar-refractivity contribution in [1.29, 1.82) is 0 Å². The Hall–Kier alpha value is -0.430. The molecule has 1 aromatic carbocycles. The van der Waals surface area contributed by atoms with Crippen LogP contribution in [0.1, 0.15) is 11.6 Å². The van der Waals surface area contributed by atoms with Gasteiger partial charge in [-0.1, -0.05) is 11.6 Å². The topological polar surface area (TPSA) is 35.5 Å². The van der Waals surface area contributed by atoms with Crippen molar-refractivity contribution in [3.8, 4) is 5.75 Å². The highest BCUT2D eigenvalue weighted by atomic mass is 79.9. The van der Waals surface area contributed by atoms with Crippen molar-refractivity contribution in [2.75, 3.05) is 26.2 Å². The Balaban J connectivity index is 2.41. The molecule has 0 radical (unpaired) electrons. The number of halogens is 4. The van der Waals surface area contributed by atoms with Gasteiger partial charge in [0.05, 0.1) is 4.47 Å². The highest BCUT2D eigenvalue weighted by Gasteiger charge is 2.34. The van der Waals surface area contributed by atoms with E-state index in [1.165, 1.54) is 6.07 Å². The van der Waals surface area contributed by atoms with E-state index in [1.54, 1.807) is 11.0 Å². The van der Waals surface area contributed by atoms with Gasteiger partial charge >= 0.3 is 0 Å². The molecule has 106 valence electrons. The smallest absolute Gasteiger partial charge is 0.258 e. The van der Waals surface area contributed by atoms with Crippen LogP contribution in [0.2, 0.25) is 5.02 Å². The summed E-state index contributed by atoms with van der Waals surface area (Å²) in [6.45, 7) is 2.29. The lowest BCUT2D eigenvalue weighted by atomic mass is 10.0. The molecule has 2 N–H and O–H groups in total. The number of phenolic OH excluding ortho intramolecular Hbond substituents is 1. The van der Waals surface area contributed by atoms with Crippen LogP contribution in [0.3, 0.4) is 0 Å². The summed E-state index contributed by atoms with van der Waals surface area (Å²) in [4.78, 5) is 1.65. The van der Waals surface area contributed by atoms with Crippen molar-refractivity contribution in [3.63, 3.8) is 0 Å². The lowest BCUT2D eigenvalue weighted by Crippen LogP contribution is -2.47. The van der Waals surface area contributed by atoms with Crippen molar-refractivity contribution in [2.45, 2.75) is 12.5 Å². The number of hydrogen-bond acceptors (Lipinski definition) is 3. The van der Waals surface area contributed by atoms with Crippen LogP contribution >= 0.6 is 27.5 Å². The van der Waals surface area contributed by atoms with Crippen LogP contribution in [0, 0.1) is 0 Å². The molecular weight excluding hydrogens is 341 g/mol. The molecule has 1 heterocycles. The maximum Gasteiger partial charge on any atom is 0.258 e. The van der Waals surface area contributed by atoms with Crippen LogP contribution in [0.4, 0.5) is 8.78 Å². The van der Waals surface area contributed by atoms with E-state index in [1.807, 2.05) is 0 Å². The van der Waals surface area contributed by atoms with E-state index in [0.717, 1.165) is 0 Å². The molecule has 0 saturated carbocycles. The quantitative estimate of drug-likeness (QED) is 0.875. The maximum absolute atomic E-state index is 13.4. The molecule has 2 rings (SSSR count). The van der Waals surface area contributed by atoms with Crippen LogP contribution in [0.5, 0.6) is 5.75 Å². The SMILES string of the molecule is Oc1c(Br)ccc(Cl)c1[C@@H](C(F)F)N1CCNCC1. The minimum atomic E-state index is -2.62. The maximum atomic E-state index is 13.4. The first-order valence-electron chi connectivity index (χ1n) is 5.92. The Morgan fingerprint density at radius 2 is 1.95 bits per heavy atom. The number of alkyl halides is 2. The zero-order valence-electron chi connectivity index (χ0n) is 10.0. The first-order chi connectivity index (χ1) is 9.02. The molecule has 1 aliphatic heterocycles. The van der Waals surface area contributed by atoms with Gasteiger partial charge in [0.15, 0.2) is 0 Å². The van der Waals surface area contributed by atoms with E-state index in [9.17, 15) is 13.9 Å². The van der Waals surface area contributed by atoms with Gasteiger partial charge in [-0.25, -0.2) is 8.78 Å². The molecular formula is C12H14BrClF2N2O. The van der Waals surface area contributed by atoms with Crippen LogP contribution in [-0.4, -0.2) is 42.6 Å². The fraction of sp³-hybridized carbons (Fsp3) is 0.500. The van der Waals surface area contributed by atoms with Gasteiger partial charge in [-0.3, -0.25) is 4.90 Å². The van der Waals surface area contributed by atoms with E-state index >= 15 is 0 Å². The lowest BCUT2D eigenvalue weighted by Gasteiger charge is -2.35. The Morgan fingerprint density at radius 3 is 2.53 bits per heavy atom. The Morgan fingerprint density at radius 1 is 1.32 bits per heavy atom. The molecule has 0 amide bonds. The Bertz CT molecular complexity index is 456. The normalized spacial score (nSPS) is 18.8. The molecule has 1 fully saturated rings. The average Bonchev–Trinajstić information content (AvgIpc) is 2.39. The van der Waals surface area contributed by atoms with Crippen LogP contribution < -0.4 is 5.32 Å². The molecule has 0 aliphatic carbocycles. The number of aromatic hydroxyl groups is 1. The number of nitrogens with one attached hydrogen (secondary N) is 1. The predicted molar refractivity (Wildman–Crippen MR) is 74.0 cm³/mol. The summed E-state index contributed by atoms with van der Waals surface area (Å²) in [5.74, 6) is -0.212. The summed E-state index contributed by atoms with van der Waals surface area (Å²) in [5.41, 5.74) is 0.0907. The molecule has 0 aromatic heterocycles. The van der Waals surface area contributed by atoms with E-state index in [0.29, 0.717) is 30.7 Å². The summed E-state index contributed by atoms with van der Waals surface area (Å²) in [6, 6.07) is 1.87. The summed E-state index contributed by atoms with van der Waals surface area (Å²) < 4.78 is 27.2. The van der Waals surface area contributed by atoms with Crippen molar-refractivity contribution >= 4 is 27.5 Å². The van der Waals surface area contributed by atoms with Crippen molar-refractivity contribution in [1.82, 2.24) is 10.2 Å². The number of benzene rings is 1. The monoisotopic (exact) mass is 354 g/mol. The van der Waals surface area contributed by atoms with Gasteiger partial charge in [-0.15, -0.1) is 0 Å². The average molecular weight is 356 g/mol. The van der Waals surface area contributed by atoms with Crippen LogP contribution in [0.25, 0.3) is 0 Å². The van der Waals surface area contributed by atoms with Gasteiger partial charge in [0.1, 0.15) is 11.8 Å². The fourth-order valence-corrected chi connectivity index (χ4v) is 2.88. The summed E-state index contributed by atoms with van der Waals surface area (Å²) in [5, 5.41) is 13.3. The summed E-state index contributed by atoms with van der Waals surface area (Å²) >= 11 is 9.14. The van der Waals surface area contributed by atoms with Gasteiger partial charge in [0.2, 0.25) is 0 Å². The number of hydrogen-bond donors (Lipinski definition) is 2. The molecule has 3 nitrogen and oxygen atoms in total. The third kappa shape index (κ3) is 3.18. The van der Waals surface area contributed by atoms with Crippen molar-refractivity contribution < 1.29 is 13.9 Å². The summed E-state index contributed by atoms with van der Waals surface area (Å²) in [7, 11) is 0. The third-order valence-corrected chi connectivity index (χ3v) is 4.16. The van der Waals surface area contributed by atoms with Gasteiger partial charge in [-0.2, -0.15) is 0 Å². The second kappa shape index (κ2) is 6.35. The molecule has 0 bridgehead atoms. The largest absolute Gasteiger partial charge is 0.506 e. The first kappa shape index (κ1) is 15.0. The lowest BCUT2D eigenvalue weighted by molar-refractivity contribution is 0.0170. The number of rotatable bonds is 3. The van der Waals surface area contributed by atoms with E-state index in [2.05, 4.69) is 21.2 Å². The van der Waals surface area contributed by atoms with Gasteiger partial charge in [0.25, 0.3) is 6.43 Å². The summed E-state index contributed by atoms with van der Waals surface area (Å²) in [6.07, 6.45) is -2.62. The highest BCUT2D eigenvalue weighted by Crippen LogP contribution is 2.42. The zero-order valence-corrected chi connectivity index (χ0v) is 12.4. The zero-order chi connectivity index (χ0) is 14.0. The second-order valence-corrected chi connectivity index (χ2v) is 5.62. The second-order valence-electron chi connectivity index (χ2n) is 4.36. The Labute approximate surface area is 123 Å². The van der Waals surface area contributed by atoms with E-state index < -0.39 is 12.5 Å². The third-order valence-electron chi connectivity index (χ3n) is 3.19. The number of piperazine rings is 1. The molecule has 7 heteroatoms. The van der Waals surface area contributed by atoms with Gasteiger partial charge in [-0.05, 0) is 28.1 Å². The number of nitrogens with zero attached hydrogens (tertiary/aromatic N) is 1. The van der Waals surface area contributed by atoms with Crippen LogP contribution in [-0.2, 0) is 0 Å².